The number of nitrogens with zero attached hydrogens (tertiary/aromatic N) is 1. The monoisotopic (exact) mass is 202 g/mol. The Morgan fingerprint density at radius 1 is 1.50 bits per heavy atom. The molecule has 2 N–H and O–H groups in total. The first-order valence-electron chi connectivity index (χ1n) is 4.98. The van der Waals surface area contributed by atoms with Crippen LogP contribution in [0, 0.1) is 5.92 Å². The summed E-state index contributed by atoms with van der Waals surface area (Å²) in [6.45, 7) is 5.27. The van der Waals surface area contributed by atoms with Crippen LogP contribution >= 0.6 is 0 Å². The maximum absolute atomic E-state index is 11.6. The number of hydrogen-bond acceptors (Lipinski definition) is 3. The first-order chi connectivity index (χ1) is 6.49. The maximum atomic E-state index is 11.6. The summed E-state index contributed by atoms with van der Waals surface area (Å²) >= 11 is 0. The van der Waals surface area contributed by atoms with Gasteiger partial charge in [0.25, 0.3) is 0 Å². The second-order valence-electron chi connectivity index (χ2n) is 3.99. The van der Waals surface area contributed by atoms with Crippen molar-refractivity contribution >= 4 is 5.91 Å². The lowest BCUT2D eigenvalue weighted by atomic mass is 10.0. The van der Waals surface area contributed by atoms with Crippen LogP contribution in [0.4, 0.5) is 0 Å². The highest BCUT2D eigenvalue weighted by atomic mass is 16.5. The Bertz CT molecular complexity index is 172. The van der Waals surface area contributed by atoms with E-state index in [-0.39, 0.29) is 11.9 Å². The van der Waals surface area contributed by atoms with Crippen LogP contribution < -0.4 is 5.73 Å². The molecule has 0 aromatic carbocycles. The zero-order valence-electron chi connectivity index (χ0n) is 9.62. The predicted octanol–water partition coefficient (Wildman–Crippen LogP) is 0.465. The first kappa shape index (κ1) is 13.4. The van der Waals surface area contributed by atoms with Crippen molar-refractivity contribution < 1.29 is 9.53 Å². The number of likely N-dealkylation sites (N-methyl/N-ethyl adjacent to an activating group) is 1. The molecule has 0 saturated carbocycles. The summed E-state index contributed by atoms with van der Waals surface area (Å²) < 4.78 is 4.89. The van der Waals surface area contributed by atoms with E-state index in [1.165, 1.54) is 0 Å². The molecule has 14 heavy (non-hydrogen) atoms. The molecule has 0 radical (unpaired) electrons. The van der Waals surface area contributed by atoms with Gasteiger partial charge in [-0.3, -0.25) is 4.79 Å². The topological polar surface area (TPSA) is 55.6 Å². The number of rotatable bonds is 6. The fraction of sp³-hybridized carbons (Fsp3) is 0.900. The second-order valence-corrected chi connectivity index (χ2v) is 3.99. The molecule has 0 aliphatic rings. The van der Waals surface area contributed by atoms with E-state index < -0.39 is 0 Å². The molecular formula is C10H22N2O2. The third-order valence-corrected chi connectivity index (χ3v) is 2.05. The van der Waals surface area contributed by atoms with Gasteiger partial charge >= 0.3 is 0 Å². The highest BCUT2D eigenvalue weighted by molar-refractivity contribution is 5.81. The van der Waals surface area contributed by atoms with Crippen molar-refractivity contribution in [3.63, 3.8) is 0 Å². The summed E-state index contributed by atoms with van der Waals surface area (Å²) in [5.41, 5.74) is 5.76. The molecule has 0 unspecified atom stereocenters. The van der Waals surface area contributed by atoms with Gasteiger partial charge in [-0.25, -0.2) is 0 Å². The van der Waals surface area contributed by atoms with E-state index in [1.54, 1.807) is 19.1 Å². The molecule has 4 nitrogen and oxygen atoms in total. The van der Waals surface area contributed by atoms with E-state index in [4.69, 9.17) is 10.5 Å². The molecular weight excluding hydrogens is 180 g/mol. The number of amides is 1. The molecule has 0 aliphatic carbocycles. The van der Waals surface area contributed by atoms with Crippen molar-refractivity contribution in [2.24, 2.45) is 11.7 Å². The quantitative estimate of drug-likeness (QED) is 0.681. The van der Waals surface area contributed by atoms with Crippen molar-refractivity contribution in [2.45, 2.75) is 26.3 Å². The zero-order chi connectivity index (χ0) is 11.1. The van der Waals surface area contributed by atoms with E-state index >= 15 is 0 Å². The minimum atomic E-state index is -0.378. The lowest BCUT2D eigenvalue weighted by Crippen LogP contribution is -2.43. The van der Waals surface area contributed by atoms with Crippen molar-refractivity contribution in [2.75, 3.05) is 27.3 Å². The average Bonchev–Trinajstić information content (AvgIpc) is 2.11. The third kappa shape index (κ3) is 5.19. The Balaban J connectivity index is 3.91. The molecule has 4 heteroatoms. The van der Waals surface area contributed by atoms with E-state index in [0.29, 0.717) is 19.1 Å². The smallest absolute Gasteiger partial charge is 0.239 e. The van der Waals surface area contributed by atoms with Crippen LogP contribution in [0.2, 0.25) is 0 Å². The van der Waals surface area contributed by atoms with Gasteiger partial charge in [0.2, 0.25) is 5.91 Å². The molecule has 0 bridgehead atoms. The molecule has 0 spiro atoms. The van der Waals surface area contributed by atoms with Gasteiger partial charge in [-0.05, 0) is 12.3 Å². The van der Waals surface area contributed by atoms with E-state index in [1.807, 2.05) is 0 Å². The van der Waals surface area contributed by atoms with Gasteiger partial charge in [0.1, 0.15) is 0 Å². The Morgan fingerprint density at radius 2 is 2.07 bits per heavy atom. The van der Waals surface area contributed by atoms with E-state index in [0.717, 1.165) is 6.42 Å². The number of carbonyl (C=O) groups excluding carboxylic acids is 1. The summed E-state index contributed by atoms with van der Waals surface area (Å²) in [6.07, 6.45) is 0.732. The van der Waals surface area contributed by atoms with Gasteiger partial charge < -0.3 is 15.4 Å². The molecule has 0 heterocycles. The normalized spacial score (nSPS) is 13.0. The van der Waals surface area contributed by atoms with Crippen LogP contribution in [0.5, 0.6) is 0 Å². The van der Waals surface area contributed by atoms with Crippen molar-refractivity contribution in [1.29, 1.82) is 0 Å². The van der Waals surface area contributed by atoms with Gasteiger partial charge in [0.05, 0.1) is 12.6 Å². The van der Waals surface area contributed by atoms with E-state index in [2.05, 4.69) is 13.8 Å². The minimum absolute atomic E-state index is 0.00394. The summed E-state index contributed by atoms with van der Waals surface area (Å²) in [5.74, 6) is 0.445. The Morgan fingerprint density at radius 3 is 2.50 bits per heavy atom. The molecule has 0 aliphatic heterocycles. The van der Waals surface area contributed by atoms with Crippen LogP contribution in [0.15, 0.2) is 0 Å². The number of hydrogen-bond donors (Lipinski definition) is 1. The van der Waals surface area contributed by atoms with E-state index in [9.17, 15) is 4.79 Å². The van der Waals surface area contributed by atoms with Crippen LogP contribution in [0.1, 0.15) is 20.3 Å². The van der Waals surface area contributed by atoms with Crippen molar-refractivity contribution in [3.05, 3.63) is 0 Å². The van der Waals surface area contributed by atoms with Crippen LogP contribution in [-0.4, -0.2) is 44.2 Å². The van der Waals surface area contributed by atoms with Crippen LogP contribution in [0.3, 0.4) is 0 Å². The Labute approximate surface area is 86.4 Å². The lowest BCUT2D eigenvalue weighted by molar-refractivity contribution is -0.132. The standard InChI is InChI=1S/C10H22N2O2/c1-8(2)7-9(11)10(13)12(3)5-6-14-4/h8-9H,5-7,11H2,1-4H3/t9-/m0/s1. The predicted molar refractivity (Wildman–Crippen MR) is 56.9 cm³/mol. The first-order valence-corrected chi connectivity index (χ1v) is 4.98. The van der Waals surface area contributed by atoms with Crippen molar-refractivity contribution in [1.82, 2.24) is 4.90 Å². The molecule has 1 amide bonds. The highest BCUT2D eigenvalue weighted by Gasteiger charge is 2.18. The summed E-state index contributed by atoms with van der Waals surface area (Å²) in [7, 11) is 3.37. The summed E-state index contributed by atoms with van der Waals surface area (Å²) in [6, 6.07) is -0.378. The minimum Gasteiger partial charge on any atom is -0.383 e. The molecule has 1 atom stereocenters. The Kier molecular flexibility index (Phi) is 6.49. The van der Waals surface area contributed by atoms with Gasteiger partial charge in [-0.1, -0.05) is 13.8 Å². The zero-order valence-corrected chi connectivity index (χ0v) is 9.62. The number of ether oxygens (including phenoxy) is 1. The van der Waals surface area contributed by atoms with Gasteiger partial charge in [0.15, 0.2) is 0 Å². The largest absolute Gasteiger partial charge is 0.383 e. The van der Waals surface area contributed by atoms with Crippen molar-refractivity contribution in [3.8, 4) is 0 Å². The fourth-order valence-corrected chi connectivity index (χ4v) is 1.23. The molecule has 0 aromatic heterocycles. The SMILES string of the molecule is COCCN(C)C(=O)[C@@H](N)CC(C)C. The second kappa shape index (κ2) is 6.79. The van der Waals surface area contributed by atoms with Crippen LogP contribution in [0.25, 0.3) is 0 Å². The third-order valence-electron chi connectivity index (χ3n) is 2.05. The molecule has 0 rings (SSSR count). The Hall–Kier alpha value is -0.610. The number of nitrogens with two attached hydrogens (primary N) is 1. The van der Waals surface area contributed by atoms with Crippen LogP contribution in [-0.2, 0) is 9.53 Å². The number of methoxy groups -OCH3 is 1. The summed E-state index contributed by atoms with van der Waals surface area (Å²) in [4.78, 5) is 13.3. The maximum Gasteiger partial charge on any atom is 0.239 e. The summed E-state index contributed by atoms with van der Waals surface area (Å²) in [5, 5.41) is 0. The molecule has 84 valence electrons. The number of carbonyl (C=O) groups is 1. The lowest BCUT2D eigenvalue weighted by Gasteiger charge is -2.21. The molecule has 0 aromatic rings. The average molecular weight is 202 g/mol. The molecule has 0 saturated heterocycles. The molecule has 0 fully saturated rings. The van der Waals surface area contributed by atoms with Gasteiger partial charge in [0, 0.05) is 20.7 Å². The fourth-order valence-electron chi connectivity index (χ4n) is 1.23. The van der Waals surface area contributed by atoms with Gasteiger partial charge in [-0.2, -0.15) is 0 Å². The van der Waals surface area contributed by atoms with Gasteiger partial charge in [-0.15, -0.1) is 0 Å². The highest BCUT2D eigenvalue weighted by Crippen LogP contribution is 2.04.